The Kier molecular flexibility index (Phi) is 2.76. The third-order valence-corrected chi connectivity index (χ3v) is 6.09. The Morgan fingerprint density at radius 1 is 1.18 bits per heavy atom. The van der Waals surface area contributed by atoms with Gasteiger partial charge in [0, 0.05) is 0 Å². The quantitative estimate of drug-likeness (QED) is 0.699. The molecule has 0 heterocycles. The fourth-order valence-electron chi connectivity index (χ4n) is 3.91. The summed E-state index contributed by atoms with van der Waals surface area (Å²) < 4.78 is 6.30. The molecular formula is C14H25NOSi. The van der Waals surface area contributed by atoms with Gasteiger partial charge in [0.1, 0.15) is 0 Å². The summed E-state index contributed by atoms with van der Waals surface area (Å²) in [7, 11) is -1.56. The standard InChI is InChI=1S/C14H25NOSi/c1-13(2)10-7-11(13)14(3,9-15)12(8-10)16-17(4,5)6/h10-12H,7-8H2,1-6H3/t10?,11?,12-,14-/m0/s1. The number of nitriles is 1. The maximum absolute atomic E-state index is 9.63. The van der Waals surface area contributed by atoms with Crippen molar-refractivity contribution in [2.24, 2.45) is 22.7 Å². The van der Waals surface area contributed by atoms with E-state index in [-0.39, 0.29) is 11.5 Å². The second kappa shape index (κ2) is 3.58. The molecule has 3 heteroatoms. The van der Waals surface area contributed by atoms with Crippen molar-refractivity contribution in [2.75, 3.05) is 0 Å². The topological polar surface area (TPSA) is 33.0 Å². The second-order valence-corrected chi connectivity index (χ2v) is 12.1. The molecule has 3 aliphatic carbocycles. The molecule has 2 nitrogen and oxygen atoms in total. The molecule has 17 heavy (non-hydrogen) atoms. The smallest absolute Gasteiger partial charge is 0.184 e. The van der Waals surface area contributed by atoms with Gasteiger partial charge in [-0.3, -0.25) is 0 Å². The highest BCUT2D eigenvalue weighted by atomic mass is 28.4. The minimum atomic E-state index is -1.56. The van der Waals surface area contributed by atoms with Gasteiger partial charge in [-0.1, -0.05) is 13.8 Å². The molecule has 0 N–H and O–H groups in total. The van der Waals surface area contributed by atoms with Crippen molar-refractivity contribution in [3.63, 3.8) is 0 Å². The minimum absolute atomic E-state index is 0.163. The van der Waals surface area contributed by atoms with Gasteiger partial charge >= 0.3 is 0 Å². The van der Waals surface area contributed by atoms with Crippen LogP contribution in [0.1, 0.15) is 33.6 Å². The zero-order chi connectivity index (χ0) is 13.1. The van der Waals surface area contributed by atoms with E-state index in [0.29, 0.717) is 11.3 Å². The van der Waals surface area contributed by atoms with E-state index in [2.05, 4.69) is 46.5 Å². The molecule has 96 valence electrons. The van der Waals surface area contributed by atoms with Gasteiger partial charge in [-0.15, -0.1) is 0 Å². The van der Waals surface area contributed by atoms with Crippen LogP contribution in [0.5, 0.6) is 0 Å². The molecule has 0 radical (unpaired) electrons. The van der Waals surface area contributed by atoms with E-state index in [1.54, 1.807) is 0 Å². The van der Waals surface area contributed by atoms with Crippen LogP contribution in [0.15, 0.2) is 0 Å². The molecule has 3 saturated carbocycles. The van der Waals surface area contributed by atoms with Gasteiger partial charge in [0.15, 0.2) is 8.32 Å². The van der Waals surface area contributed by atoms with Gasteiger partial charge in [0.25, 0.3) is 0 Å². The Bertz CT molecular complexity index is 365. The molecule has 2 unspecified atom stereocenters. The Balaban J connectivity index is 2.25. The van der Waals surface area contributed by atoms with Crippen LogP contribution in [0.25, 0.3) is 0 Å². The maximum Gasteiger partial charge on any atom is 0.184 e. The van der Waals surface area contributed by atoms with Gasteiger partial charge in [-0.05, 0) is 56.7 Å². The Hall–Kier alpha value is -0.333. The highest BCUT2D eigenvalue weighted by Gasteiger charge is 2.64. The number of hydrogen-bond acceptors (Lipinski definition) is 2. The zero-order valence-corrected chi connectivity index (χ0v) is 13.0. The van der Waals surface area contributed by atoms with Crippen molar-refractivity contribution in [3.05, 3.63) is 0 Å². The summed E-state index contributed by atoms with van der Waals surface area (Å²) >= 11 is 0. The minimum Gasteiger partial charge on any atom is -0.413 e. The summed E-state index contributed by atoms with van der Waals surface area (Å²) in [5.41, 5.74) is 0.0578. The lowest BCUT2D eigenvalue weighted by Crippen LogP contribution is -2.63. The van der Waals surface area contributed by atoms with E-state index in [9.17, 15) is 5.26 Å². The summed E-state index contributed by atoms with van der Waals surface area (Å²) in [6.45, 7) is 13.4. The maximum atomic E-state index is 9.63. The predicted octanol–water partition coefficient (Wildman–Crippen LogP) is 3.80. The van der Waals surface area contributed by atoms with Crippen molar-refractivity contribution in [3.8, 4) is 6.07 Å². The van der Waals surface area contributed by atoms with Gasteiger partial charge in [0.05, 0.1) is 17.6 Å². The first-order valence-electron chi connectivity index (χ1n) is 6.70. The zero-order valence-electron chi connectivity index (χ0n) is 12.0. The molecule has 0 amide bonds. The molecule has 2 bridgehead atoms. The van der Waals surface area contributed by atoms with E-state index < -0.39 is 8.32 Å². The van der Waals surface area contributed by atoms with Crippen LogP contribution in [0.4, 0.5) is 0 Å². The Morgan fingerprint density at radius 3 is 2.18 bits per heavy atom. The first kappa shape index (κ1) is 13.1. The number of fused-ring (bicyclic) bond motifs is 2. The van der Waals surface area contributed by atoms with Crippen LogP contribution < -0.4 is 0 Å². The SMILES string of the molecule is CC1(C)C2CC1[C@](C)(C#N)[C@@H](O[Si](C)(C)C)C2. The second-order valence-electron chi connectivity index (χ2n) is 7.66. The van der Waals surface area contributed by atoms with Crippen LogP contribution >= 0.6 is 0 Å². The van der Waals surface area contributed by atoms with Crippen molar-refractivity contribution in [2.45, 2.75) is 59.4 Å². The summed E-state index contributed by atoms with van der Waals surface area (Å²) in [6.07, 6.45) is 2.47. The van der Waals surface area contributed by atoms with Crippen molar-refractivity contribution < 1.29 is 4.43 Å². The van der Waals surface area contributed by atoms with Crippen LogP contribution in [0, 0.1) is 34.0 Å². The lowest BCUT2D eigenvalue weighted by atomic mass is 9.40. The normalized spacial score (nSPS) is 43.7. The van der Waals surface area contributed by atoms with Gasteiger partial charge < -0.3 is 4.43 Å². The molecule has 4 atom stereocenters. The fourth-order valence-corrected chi connectivity index (χ4v) is 5.10. The highest BCUT2D eigenvalue weighted by molar-refractivity contribution is 6.69. The molecule has 0 saturated heterocycles. The van der Waals surface area contributed by atoms with Crippen LogP contribution in [-0.2, 0) is 4.43 Å². The number of rotatable bonds is 2. The molecule has 0 aromatic carbocycles. The molecule has 0 aliphatic heterocycles. The summed E-state index contributed by atoms with van der Waals surface area (Å²) in [5, 5.41) is 9.63. The molecule has 0 aromatic heterocycles. The van der Waals surface area contributed by atoms with Crippen molar-refractivity contribution in [1.29, 1.82) is 5.26 Å². The van der Waals surface area contributed by atoms with E-state index >= 15 is 0 Å². The molecule has 0 spiro atoms. The molecule has 3 aliphatic rings. The largest absolute Gasteiger partial charge is 0.413 e. The highest BCUT2D eigenvalue weighted by Crippen LogP contribution is 2.66. The first-order chi connectivity index (χ1) is 7.61. The Morgan fingerprint density at radius 2 is 1.76 bits per heavy atom. The monoisotopic (exact) mass is 251 g/mol. The van der Waals surface area contributed by atoms with Gasteiger partial charge in [0.2, 0.25) is 0 Å². The summed E-state index contributed by atoms with van der Waals surface area (Å²) in [5.74, 6) is 1.27. The van der Waals surface area contributed by atoms with Gasteiger partial charge in [-0.25, -0.2) is 0 Å². The van der Waals surface area contributed by atoms with E-state index in [1.807, 2.05) is 0 Å². The van der Waals surface area contributed by atoms with E-state index in [0.717, 1.165) is 12.3 Å². The van der Waals surface area contributed by atoms with Crippen molar-refractivity contribution in [1.82, 2.24) is 0 Å². The molecule has 3 fully saturated rings. The lowest BCUT2D eigenvalue weighted by Gasteiger charge is -2.65. The van der Waals surface area contributed by atoms with Crippen LogP contribution in [0.2, 0.25) is 19.6 Å². The Labute approximate surface area is 106 Å². The summed E-state index contributed by atoms with van der Waals surface area (Å²) in [4.78, 5) is 0. The molecule has 0 aromatic rings. The third kappa shape index (κ3) is 1.86. The lowest BCUT2D eigenvalue weighted by molar-refractivity contribution is -0.179. The molecule has 3 rings (SSSR count). The average Bonchev–Trinajstić information content (AvgIpc) is 2.18. The van der Waals surface area contributed by atoms with E-state index in [4.69, 9.17) is 4.43 Å². The summed E-state index contributed by atoms with van der Waals surface area (Å²) in [6, 6.07) is 2.59. The number of nitrogens with zero attached hydrogens (tertiary/aromatic N) is 1. The predicted molar refractivity (Wildman–Crippen MR) is 71.9 cm³/mol. The first-order valence-corrected chi connectivity index (χ1v) is 10.1. The molecular weight excluding hydrogens is 226 g/mol. The fraction of sp³-hybridized carbons (Fsp3) is 0.929. The van der Waals surface area contributed by atoms with E-state index in [1.165, 1.54) is 6.42 Å². The average molecular weight is 251 g/mol. The number of hydrogen-bond donors (Lipinski definition) is 0. The van der Waals surface area contributed by atoms with Crippen molar-refractivity contribution >= 4 is 8.32 Å². The van der Waals surface area contributed by atoms with Crippen LogP contribution in [0.3, 0.4) is 0 Å². The third-order valence-electron chi connectivity index (χ3n) is 5.10. The van der Waals surface area contributed by atoms with Gasteiger partial charge in [-0.2, -0.15) is 5.26 Å². The van der Waals surface area contributed by atoms with Crippen LogP contribution in [-0.4, -0.2) is 14.4 Å².